The molecule has 1 aromatic carbocycles. The highest BCUT2D eigenvalue weighted by atomic mass is 32.1. The van der Waals surface area contributed by atoms with Crippen molar-refractivity contribution in [1.82, 2.24) is 9.97 Å². The van der Waals surface area contributed by atoms with Gasteiger partial charge in [0.15, 0.2) is 0 Å². The first-order valence-electron chi connectivity index (χ1n) is 6.66. The predicted molar refractivity (Wildman–Crippen MR) is 86.4 cm³/mol. The number of methoxy groups -OCH3 is 1. The maximum absolute atomic E-state index is 12.3. The summed E-state index contributed by atoms with van der Waals surface area (Å²) in [6, 6.07) is 5.80. The van der Waals surface area contributed by atoms with Crippen LogP contribution in [0, 0.1) is 20.8 Å². The van der Waals surface area contributed by atoms with Gasteiger partial charge < -0.3 is 9.72 Å². The maximum Gasteiger partial charge on any atom is 0.260 e. The van der Waals surface area contributed by atoms with Crippen molar-refractivity contribution in [2.45, 2.75) is 20.8 Å². The fourth-order valence-electron chi connectivity index (χ4n) is 2.36. The quantitative estimate of drug-likeness (QED) is 0.787. The molecule has 0 aliphatic heterocycles. The number of ether oxygens (including phenoxy) is 1. The lowest BCUT2D eigenvalue weighted by Crippen LogP contribution is -2.09. The summed E-state index contributed by atoms with van der Waals surface area (Å²) in [6.07, 6.45) is 0. The summed E-state index contributed by atoms with van der Waals surface area (Å²) in [4.78, 5) is 21.7. The average molecular weight is 300 g/mol. The minimum atomic E-state index is -0.0867. The van der Waals surface area contributed by atoms with Gasteiger partial charge in [-0.05, 0) is 38.0 Å². The second-order valence-corrected chi connectivity index (χ2v) is 6.27. The summed E-state index contributed by atoms with van der Waals surface area (Å²) in [5.74, 6) is 1.36. The zero-order valence-electron chi connectivity index (χ0n) is 12.4. The number of nitrogens with one attached hydrogen (secondary N) is 1. The Bertz CT molecular complexity index is 893. The first-order chi connectivity index (χ1) is 10.0. The van der Waals surface area contributed by atoms with Crippen LogP contribution < -0.4 is 10.3 Å². The van der Waals surface area contributed by atoms with Crippen molar-refractivity contribution in [3.8, 4) is 17.1 Å². The number of nitrogens with zero attached hydrogens (tertiary/aromatic N) is 1. The predicted octanol–water partition coefficient (Wildman–Crippen LogP) is 3.59. The normalized spacial score (nSPS) is 11.0. The first kappa shape index (κ1) is 13.8. The van der Waals surface area contributed by atoms with E-state index in [-0.39, 0.29) is 5.56 Å². The molecule has 0 saturated heterocycles. The SMILES string of the molecule is COc1cc(-c2nc3sc(C)c(C)c3c(=O)[nH]2)ccc1C. The third kappa shape index (κ3) is 2.23. The van der Waals surface area contributed by atoms with Gasteiger partial charge in [-0.25, -0.2) is 4.98 Å². The second kappa shape index (κ2) is 5.00. The number of aromatic nitrogens is 2. The second-order valence-electron chi connectivity index (χ2n) is 5.06. The highest BCUT2D eigenvalue weighted by molar-refractivity contribution is 7.18. The molecule has 0 aliphatic rings. The van der Waals surface area contributed by atoms with Crippen LogP contribution in [0.25, 0.3) is 21.6 Å². The van der Waals surface area contributed by atoms with E-state index in [0.717, 1.165) is 32.1 Å². The van der Waals surface area contributed by atoms with Gasteiger partial charge in [0.05, 0.1) is 12.5 Å². The summed E-state index contributed by atoms with van der Waals surface area (Å²) < 4.78 is 5.33. The van der Waals surface area contributed by atoms with Crippen LogP contribution in [0.1, 0.15) is 16.0 Å². The fourth-order valence-corrected chi connectivity index (χ4v) is 3.39. The van der Waals surface area contributed by atoms with Gasteiger partial charge in [0.25, 0.3) is 5.56 Å². The van der Waals surface area contributed by atoms with Crippen LogP contribution in [0.2, 0.25) is 0 Å². The van der Waals surface area contributed by atoms with E-state index in [2.05, 4.69) is 9.97 Å². The Morgan fingerprint density at radius 3 is 2.71 bits per heavy atom. The zero-order chi connectivity index (χ0) is 15.1. The number of fused-ring (bicyclic) bond motifs is 1. The Balaban J connectivity index is 2.24. The number of H-pyrrole nitrogens is 1. The summed E-state index contributed by atoms with van der Waals surface area (Å²) in [6.45, 7) is 5.95. The standard InChI is InChI=1S/C16H16N2O2S/c1-8-5-6-11(7-12(8)20-4)14-17-15(19)13-9(2)10(3)21-16(13)18-14/h5-7H,1-4H3,(H,17,18,19). The molecule has 1 N–H and O–H groups in total. The number of hydrogen-bond donors (Lipinski definition) is 1. The molecule has 0 saturated carbocycles. The molecular weight excluding hydrogens is 284 g/mol. The van der Waals surface area contributed by atoms with Crippen LogP contribution in [0.4, 0.5) is 0 Å². The van der Waals surface area contributed by atoms with Gasteiger partial charge in [0.2, 0.25) is 0 Å². The Kier molecular flexibility index (Phi) is 3.29. The van der Waals surface area contributed by atoms with E-state index >= 15 is 0 Å². The maximum atomic E-state index is 12.3. The number of rotatable bonds is 2. The molecule has 2 heterocycles. The van der Waals surface area contributed by atoms with E-state index in [4.69, 9.17) is 4.74 Å². The molecule has 0 radical (unpaired) electrons. The Hall–Kier alpha value is -2.14. The van der Waals surface area contributed by atoms with Gasteiger partial charge in [-0.1, -0.05) is 12.1 Å². The lowest BCUT2D eigenvalue weighted by Gasteiger charge is -2.07. The molecule has 0 fully saturated rings. The number of benzene rings is 1. The van der Waals surface area contributed by atoms with Gasteiger partial charge in [-0.15, -0.1) is 11.3 Å². The highest BCUT2D eigenvalue weighted by Gasteiger charge is 2.13. The molecule has 5 heteroatoms. The molecular formula is C16H16N2O2S. The van der Waals surface area contributed by atoms with Crippen LogP contribution in [-0.4, -0.2) is 17.1 Å². The number of aryl methyl sites for hydroxylation is 3. The minimum absolute atomic E-state index is 0.0867. The Morgan fingerprint density at radius 1 is 1.24 bits per heavy atom. The van der Waals surface area contributed by atoms with E-state index < -0.39 is 0 Å². The minimum Gasteiger partial charge on any atom is -0.496 e. The number of thiophene rings is 1. The molecule has 0 atom stereocenters. The van der Waals surface area contributed by atoms with Gasteiger partial charge in [0.1, 0.15) is 16.4 Å². The Morgan fingerprint density at radius 2 is 2.00 bits per heavy atom. The molecule has 2 aromatic heterocycles. The van der Waals surface area contributed by atoms with E-state index in [0.29, 0.717) is 11.2 Å². The smallest absolute Gasteiger partial charge is 0.260 e. The van der Waals surface area contributed by atoms with E-state index in [1.807, 2.05) is 39.0 Å². The van der Waals surface area contributed by atoms with Crippen molar-refractivity contribution < 1.29 is 4.74 Å². The molecule has 0 unspecified atom stereocenters. The summed E-state index contributed by atoms with van der Waals surface area (Å²) in [5, 5.41) is 0.695. The Labute approximate surface area is 126 Å². The fraction of sp³-hybridized carbons (Fsp3) is 0.250. The summed E-state index contributed by atoms with van der Waals surface area (Å²) >= 11 is 1.55. The van der Waals surface area contributed by atoms with E-state index in [9.17, 15) is 4.79 Å². The number of hydrogen-bond acceptors (Lipinski definition) is 4. The molecule has 4 nitrogen and oxygen atoms in total. The first-order valence-corrected chi connectivity index (χ1v) is 7.48. The average Bonchev–Trinajstić information content (AvgIpc) is 2.75. The van der Waals surface area contributed by atoms with Crippen LogP contribution >= 0.6 is 11.3 Å². The molecule has 3 aromatic rings. The zero-order valence-corrected chi connectivity index (χ0v) is 13.2. The van der Waals surface area contributed by atoms with Crippen molar-refractivity contribution in [3.63, 3.8) is 0 Å². The van der Waals surface area contributed by atoms with Gasteiger partial charge in [-0.2, -0.15) is 0 Å². The molecule has 108 valence electrons. The molecule has 0 amide bonds. The van der Waals surface area contributed by atoms with E-state index in [1.54, 1.807) is 18.4 Å². The molecule has 0 aliphatic carbocycles. The van der Waals surface area contributed by atoms with Crippen LogP contribution in [-0.2, 0) is 0 Å². The van der Waals surface area contributed by atoms with Crippen molar-refractivity contribution in [1.29, 1.82) is 0 Å². The third-order valence-electron chi connectivity index (χ3n) is 3.72. The molecule has 21 heavy (non-hydrogen) atoms. The lowest BCUT2D eigenvalue weighted by molar-refractivity contribution is 0.412. The van der Waals surface area contributed by atoms with Crippen molar-refractivity contribution in [3.05, 3.63) is 44.6 Å². The topological polar surface area (TPSA) is 55.0 Å². The van der Waals surface area contributed by atoms with Crippen molar-refractivity contribution in [2.24, 2.45) is 0 Å². The lowest BCUT2D eigenvalue weighted by atomic mass is 10.1. The van der Waals surface area contributed by atoms with E-state index in [1.165, 1.54) is 0 Å². The molecule has 3 rings (SSSR count). The monoisotopic (exact) mass is 300 g/mol. The van der Waals surface area contributed by atoms with Crippen molar-refractivity contribution >= 4 is 21.6 Å². The largest absolute Gasteiger partial charge is 0.496 e. The van der Waals surface area contributed by atoms with Gasteiger partial charge in [0, 0.05) is 10.4 Å². The van der Waals surface area contributed by atoms with Crippen LogP contribution in [0.5, 0.6) is 5.75 Å². The third-order valence-corrected chi connectivity index (χ3v) is 4.82. The summed E-state index contributed by atoms with van der Waals surface area (Å²) in [5.41, 5.74) is 2.82. The summed E-state index contributed by atoms with van der Waals surface area (Å²) in [7, 11) is 1.64. The molecule has 0 bridgehead atoms. The van der Waals surface area contributed by atoms with Gasteiger partial charge >= 0.3 is 0 Å². The highest BCUT2D eigenvalue weighted by Crippen LogP contribution is 2.29. The molecule has 0 spiro atoms. The van der Waals surface area contributed by atoms with Crippen LogP contribution in [0.3, 0.4) is 0 Å². The van der Waals surface area contributed by atoms with Crippen molar-refractivity contribution in [2.75, 3.05) is 7.11 Å². The van der Waals surface area contributed by atoms with Crippen LogP contribution in [0.15, 0.2) is 23.0 Å². The number of aromatic amines is 1. The van der Waals surface area contributed by atoms with Gasteiger partial charge in [-0.3, -0.25) is 4.79 Å².